The molecular formula is C12H24F2O4P+. The van der Waals surface area contributed by atoms with Gasteiger partial charge < -0.3 is 9.47 Å². The van der Waals surface area contributed by atoms with E-state index >= 15 is 0 Å². The van der Waals surface area contributed by atoms with Crippen LogP contribution in [0.5, 0.6) is 0 Å². The van der Waals surface area contributed by atoms with E-state index in [2.05, 4.69) is 4.52 Å². The molecule has 0 aliphatic heterocycles. The van der Waals surface area contributed by atoms with Gasteiger partial charge in [0.15, 0.2) is 11.9 Å². The van der Waals surface area contributed by atoms with E-state index < -0.39 is 25.8 Å². The van der Waals surface area contributed by atoms with Gasteiger partial charge in [-0.3, -0.25) is 0 Å². The Labute approximate surface area is 114 Å². The molecule has 0 fully saturated rings. The highest BCUT2D eigenvalue weighted by molar-refractivity contribution is 7.39. The Hall–Kier alpha value is -0.160. The van der Waals surface area contributed by atoms with Gasteiger partial charge in [-0.2, -0.15) is 8.78 Å². The molecule has 0 aromatic heterocycles. The Morgan fingerprint density at radius 3 is 1.89 bits per heavy atom. The lowest BCUT2D eigenvalue weighted by Gasteiger charge is -2.38. The summed E-state index contributed by atoms with van der Waals surface area (Å²) in [7, 11) is -2.38. The molecule has 19 heavy (non-hydrogen) atoms. The summed E-state index contributed by atoms with van der Waals surface area (Å²) in [5.74, 6) is -2.79. The zero-order valence-electron chi connectivity index (χ0n) is 12.2. The van der Waals surface area contributed by atoms with Gasteiger partial charge in [-0.15, -0.1) is 0 Å². The third-order valence-corrected chi connectivity index (χ3v) is 3.75. The van der Waals surface area contributed by atoms with Crippen LogP contribution in [-0.2, 0) is 18.6 Å². The molecule has 114 valence electrons. The second-order valence-electron chi connectivity index (χ2n) is 4.14. The highest BCUT2D eigenvalue weighted by Gasteiger charge is 2.56. The summed E-state index contributed by atoms with van der Waals surface area (Å²) in [5, 5.41) is 0. The highest BCUT2D eigenvalue weighted by Crippen LogP contribution is 2.44. The lowest BCUT2D eigenvalue weighted by atomic mass is 9.95. The molecular weight excluding hydrogens is 277 g/mol. The Morgan fingerprint density at radius 2 is 1.58 bits per heavy atom. The molecule has 7 heteroatoms. The topological polar surface area (TPSA) is 44.8 Å². The van der Waals surface area contributed by atoms with E-state index in [1.807, 2.05) is 0 Å². The Kier molecular flexibility index (Phi) is 8.13. The molecule has 0 radical (unpaired) electrons. The van der Waals surface area contributed by atoms with Crippen LogP contribution in [0.4, 0.5) is 8.78 Å². The van der Waals surface area contributed by atoms with Crippen molar-refractivity contribution < 1.29 is 27.3 Å². The molecule has 0 aromatic rings. The van der Waals surface area contributed by atoms with Gasteiger partial charge in [-0.05, 0) is 38.7 Å². The summed E-state index contributed by atoms with van der Waals surface area (Å²) in [5.41, 5.74) is 0. The van der Waals surface area contributed by atoms with Crippen LogP contribution in [-0.4, -0.2) is 31.3 Å². The summed E-state index contributed by atoms with van der Waals surface area (Å²) in [6.45, 7) is 8.47. The largest absolute Gasteiger partial charge is 0.513 e. The first kappa shape index (κ1) is 18.8. The molecule has 0 N–H and O–H groups in total. The van der Waals surface area contributed by atoms with Crippen LogP contribution in [0.2, 0.25) is 0 Å². The van der Waals surface area contributed by atoms with Crippen LogP contribution in [0, 0.1) is 5.92 Å². The predicted molar refractivity (Wildman–Crippen MR) is 69.6 cm³/mol. The van der Waals surface area contributed by atoms with Gasteiger partial charge in [0.05, 0.1) is 0 Å². The molecule has 0 saturated heterocycles. The fourth-order valence-corrected chi connectivity index (χ4v) is 2.52. The molecule has 2 atom stereocenters. The molecule has 2 unspecified atom stereocenters. The standard InChI is InChI=1S/C12H24F2O4P/c1-6-10(11(5,16-7-2)17-8-3)12(13,14)18-19(15)9-4/h10H,6-9H2,1-5H3/q+1. The predicted octanol–water partition coefficient (Wildman–Crippen LogP) is 4.17. The van der Waals surface area contributed by atoms with Gasteiger partial charge in [0.25, 0.3) is 0 Å². The van der Waals surface area contributed by atoms with Crippen molar-refractivity contribution in [3.8, 4) is 0 Å². The molecule has 0 saturated carbocycles. The summed E-state index contributed by atoms with van der Waals surface area (Å²) < 4.78 is 54.5. The van der Waals surface area contributed by atoms with E-state index in [9.17, 15) is 13.3 Å². The van der Waals surface area contributed by atoms with Crippen molar-refractivity contribution in [2.24, 2.45) is 5.92 Å². The molecule has 0 heterocycles. The molecule has 0 amide bonds. The molecule has 0 rings (SSSR count). The van der Waals surface area contributed by atoms with E-state index in [0.717, 1.165) is 0 Å². The maximum atomic E-state index is 14.1. The zero-order chi connectivity index (χ0) is 15.1. The van der Waals surface area contributed by atoms with E-state index in [1.165, 1.54) is 13.8 Å². The van der Waals surface area contributed by atoms with E-state index in [-0.39, 0.29) is 25.8 Å². The van der Waals surface area contributed by atoms with Gasteiger partial charge in [-0.1, -0.05) is 11.4 Å². The Morgan fingerprint density at radius 1 is 1.11 bits per heavy atom. The fraction of sp³-hybridized carbons (Fsp3) is 1.00. The van der Waals surface area contributed by atoms with Gasteiger partial charge >= 0.3 is 14.1 Å². The van der Waals surface area contributed by atoms with Crippen molar-refractivity contribution in [1.82, 2.24) is 0 Å². The van der Waals surface area contributed by atoms with Crippen LogP contribution >= 0.6 is 8.03 Å². The molecule has 0 aliphatic rings. The first-order valence-corrected chi connectivity index (χ1v) is 7.93. The average molecular weight is 301 g/mol. The summed E-state index contributed by atoms with van der Waals surface area (Å²) >= 11 is 0. The number of rotatable bonds is 10. The summed E-state index contributed by atoms with van der Waals surface area (Å²) in [4.78, 5) is 0. The van der Waals surface area contributed by atoms with Crippen LogP contribution in [0.3, 0.4) is 0 Å². The zero-order valence-corrected chi connectivity index (χ0v) is 13.1. The first-order valence-electron chi connectivity index (χ1n) is 6.56. The minimum Gasteiger partial charge on any atom is -0.350 e. The molecule has 4 nitrogen and oxygen atoms in total. The second kappa shape index (κ2) is 8.20. The number of halogens is 2. The smallest absolute Gasteiger partial charge is 0.350 e. The van der Waals surface area contributed by atoms with E-state index in [0.29, 0.717) is 0 Å². The quantitative estimate of drug-likeness (QED) is 0.448. The maximum absolute atomic E-state index is 14.1. The number of alkyl halides is 2. The van der Waals surface area contributed by atoms with Crippen LogP contribution < -0.4 is 0 Å². The number of ether oxygens (including phenoxy) is 2. The minimum atomic E-state index is -3.56. The molecule has 0 aromatic carbocycles. The third-order valence-electron chi connectivity index (χ3n) is 2.79. The summed E-state index contributed by atoms with van der Waals surface area (Å²) in [6.07, 6.45) is -3.44. The van der Waals surface area contributed by atoms with Gasteiger partial charge in [-0.25, -0.2) is 0 Å². The minimum absolute atomic E-state index is 0.0430. The SMILES string of the molecule is CCOC(C)(OCC)C(CC)C(F)(F)O[P+](=O)CC. The monoisotopic (exact) mass is 301 g/mol. The van der Waals surface area contributed by atoms with Crippen molar-refractivity contribution in [1.29, 1.82) is 0 Å². The van der Waals surface area contributed by atoms with E-state index in [1.54, 1.807) is 20.8 Å². The molecule has 0 aliphatic carbocycles. The van der Waals surface area contributed by atoms with Crippen LogP contribution in [0.15, 0.2) is 0 Å². The Balaban J connectivity index is 5.16. The van der Waals surface area contributed by atoms with Crippen molar-refractivity contribution in [2.45, 2.75) is 52.9 Å². The lowest BCUT2D eigenvalue weighted by Crippen LogP contribution is -2.49. The number of hydrogen-bond donors (Lipinski definition) is 0. The maximum Gasteiger partial charge on any atom is 0.513 e. The highest BCUT2D eigenvalue weighted by atomic mass is 31.1. The number of hydrogen-bond acceptors (Lipinski definition) is 4. The third kappa shape index (κ3) is 5.38. The second-order valence-corrected chi connectivity index (χ2v) is 5.63. The van der Waals surface area contributed by atoms with Gasteiger partial charge in [0.1, 0.15) is 5.92 Å². The van der Waals surface area contributed by atoms with Gasteiger partial charge in [0, 0.05) is 13.2 Å². The van der Waals surface area contributed by atoms with Crippen molar-refractivity contribution in [2.75, 3.05) is 19.4 Å². The van der Waals surface area contributed by atoms with E-state index in [4.69, 9.17) is 9.47 Å². The van der Waals surface area contributed by atoms with Crippen molar-refractivity contribution in [3.05, 3.63) is 0 Å². The van der Waals surface area contributed by atoms with Crippen molar-refractivity contribution >= 4 is 8.03 Å². The summed E-state index contributed by atoms with van der Waals surface area (Å²) in [6, 6.07) is 0. The van der Waals surface area contributed by atoms with Gasteiger partial charge in [0.2, 0.25) is 0 Å². The molecule has 0 bridgehead atoms. The van der Waals surface area contributed by atoms with Crippen LogP contribution in [0.25, 0.3) is 0 Å². The fourth-order valence-electron chi connectivity index (χ4n) is 1.99. The Bertz CT molecular complexity index is 281. The molecule has 0 spiro atoms. The van der Waals surface area contributed by atoms with Crippen molar-refractivity contribution in [3.63, 3.8) is 0 Å². The lowest BCUT2D eigenvalue weighted by molar-refractivity contribution is -0.331. The first-order chi connectivity index (χ1) is 8.77. The normalized spacial score (nSPS) is 15.4. The van der Waals surface area contributed by atoms with Crippen LogP contribution in [0.1, 0.15) is 41.0 Å². The average Bonchev–Trinajstić information content (AvgIpc) is 2.28.